The van der Waals surface area contributed by atoms with Gasteiger partial charge in [-0.05, 0) is 27.6 Å². The molecule has 5 aromatic rings. The lowest BCUT2D eigenvalue weighted by molar-refractivity contribution is 1.80. The molecule has 0 aliphatic carbocycles. The first-order valence-corrected chi connectivity index (χ1v) is 8.31. The van der Waals surface area contributed by atoms with Crippen LogP contribution in [0.4, 0.5) is 0 Å². The number of benzene rings is 3. The fourth-order valence-corrected chi connectivity index (χ4v) is 5.40. The Labute approximate surface area is 123 Å². The van der Waals surface area contributed by atoms with E-state index in [2.05, 4.69) is 60.0 Å². The molecule has 0 amide bonds. The Morgan fingerprint density at radius 2 is 1.45 bits per heavy atom. The summed E-state index contributed by atoms with van der Waals surface area (Å²) in [4.78, 5) is 0. The van der Waals surface area contributed by atoms with Crippen LogP contribution in [0, 0.1) is 0 Å². The normalized spacial score (nSPS) is 12.0. The molecule has 0 fully saturated rings. The molecular weight excluding hydrogens is 280 g/mol. The second-order valence-corrected chi connectivity index (χ2v) is 7.01. The highest BCUT2D eigenvalue weighted by Crippen LogP contribution is 2.42. The summed E-state index contributed by atoms with van der Waals surface area (Å²) >= 11 is 3.76. The number of hydrogen-bond acceptors (Lipinski definition) is 2. The van der Waals surface area contributed by atoms with Gasteiger partial charge in [-0.25, -0.2) is 0 Å². The molecule has 0 N–H and O–H groups in total. The van der Waals surface area contributed by atoms with E-state index in [1.807, 2.05) is 22.7 Å². The van der Waals surface area contributed by atoms with E-state index < -0.39 is 0 Å². The van der Waals surface area contributed by atoms with Crippen molar-refractivity contribution in [2.45, 2.75) is 0 Å². The van der Waals surface area contributed by atoms with Crippen molar-refractivity contribution < 1.29 is 0 Å². The molecule has 0 bridgehead atoms. The zero-order chi connectivity index (χ0) is 13.1. The summed E-state index contributed by atoms with van der Waals surface area (Å²) in [7, 11) is 0. The number of fused-ring (bicyclic) bond motifs is 7. The van der Waals surface area contributed by atoms with Gasteiger partial charge in [-0.1, -0.05) is 48.5 Å². The molecule has 0 atom stereocenters. The summed E-state index contributed by atoms with van der Waals surface area (Å²) in [5, 5.41) is 9.01. The Bertz CT molecular complexity index is 1080. The molecule has 0 aliphatic heterocycles. The molecule has 0 unspecified atom stereocenters. The minimum absolute atomic E-state index is 1.32. The maximum absolute atomic E-state index is 2.29. The van der Waals surface area contributed by atoms with Gasteiger partial charge in [0.1, 0.15) is 0 Å². The lowest BCUT2D eigenvalue weighted by Crippen LogP contribution is -1.77. The Morgan fingerprint density at radius 3 is 2.45 bits per heavy atom. The van der Waals surface area contributed by atoms with E-state index >= 15 is 0 Å². The van der Waals surface area contributed by atoms with Crippen LogP contribution in [0.5, 0.6) is 0 Å². The van der Waals surface area contributed by atoms with Gasteiger partial charge in [0.25, 0.3) is 0 Å². The third-order valence-electron chi connectivity index (χ3n) is 3.96. The van der Waals surface area contributed by atoms with Crippen LogP contribution in [0.3, 0.4) is 0 Å². The maximum Gasteiger partial charge on any atom is 0.0529 e. The predicted octanol–water partition coefficient (Wildman–Crippen LogP) is 6.42. The Balaban J connectivity index is 2.08. The van der Waals surface area contributed by atoms with Crippen molar-refractivity contribution in [3.05, 3.63) is 60.0 Å². The van der Waals surface area contributed by atoms with Gasteiger partial charge in [-0.3, -0.25) is 0 Å². The second-order valence-electron chi connectivity index (χ2n) is 5.04. The van der Waals surface area contributed by atoms with Crippen LogP contribution in [0.1, 0.15) is 0 Å². The lowest BCUT2D eigenvalue weighted by Gasteiger charge is -2.04. The van der Waals surface area contributed by atoms with Crippen molar-refractivity contribution in [1.29, 1.82) is 0 Å². The minimum Gasteiger partial charge on any atom is -0.142 e. The van der Waals surface area contributed by atoms with E-state index in [0.717, 1.165) is 0 Å². The van der Waals surface area contributed by atoms with Crippen molar-refractivity contribution in [3.8, 4) is 0 Å². The molecule has 20 heavy (non-hydrogen) atoms. The van der Waals surface area contributed by atoms with Gasteiger partial charge in [0.15, 0.2) is 0 Å². The third-order valence-corrected chi connectivity index (χ3v) is 6.24. The predicted molar refractivity (Wildman–Crippen MR) is 92.2 cm³/mol. The van der Waals surface area contributed by atoms with Crippen molar-refractivity contribution >= 4 is 63.7 Å². The van der Waals surface area contributed by atoms with Gasteiger partial charge in [-0.15, -0.1) is 22.7 Å². The highest BCUT2D eigenvalue weighted by atomic mass is 32.1. The Hall–Kier alpha value is -1.90. The molecule has 2 aromatic heterocycles. The average molecular weight is 290 g/mol. The molecular formula is C18H10S2. The van der Waals surface area contributed by atoms with Gasteiger partial charge in [-0.2, -0.15) is 0 Å². The van der Waals surface area contributed by atoms with Gasteiger partial charge >= 0.3 is 0 Å². The Morgan fingerprint density at radius 1 is 0.600 bits per heavy atom. The number of thiophene rings is 2. The summed E-state index contributed by atoms with van der Waals surface area (Å²) in [5.41, 5.74) is 0. The van der Waals surface area contributed by atoms with Crippen LogP contribution in [0.25, 0.3) is 41.0 Å². The van der Waals surface area contributed by atoms with Crippen LogP contribution >= 0.6 is 22.7 Å². The monoisotopic (exact) mass is 290 g/mol. The highest BCUT2D eigenvalue weighted by molar-refractivity contribution is 7.32. The smallest absolute Gasteiger partial charge is 0.0529 e. The topological polar surface area (TPSA) is 0 Å². The molecule has 0 aliphatic rings. The summed E-state index contributed by atoms with van der Waals surface area (Å²) in [6, 6.07) is 20.0. The zero-order valence-electron chi connectivity index (χ0n) is 10.6. The van der Waals surface area contributed by atoms with Gasteiger partial charge in [0, 0.05) is 20.2 Å². The first-order valence-electron chi connectivity index (χ1n) is 6.62. The van der Waals surface area contributed by atoms with E-state index in [0.29, 0.717) is 0 Å². The molecule has 2 heterocycles. The number of hydrogen-bond donors (Lipinski definition) is 0. The second kappa shape index (κ2) is 3.81. The molecule has 5 rings (SSSR count). The van der Waals surface area contributed by atoms with Crippen molar-refractivity contribution in [1.82, 2.24) is 0 Å². The van der Waals surface area contributed by atoms with E-state index in [1.54, 1.807) is 0 Å². The zero-order valence-corrected chi connectivity index (χ0v) is 12.2. The van der Waals surface area contributed by atoms with E-state index in [9.17, 15) is 0 Å². The quantitative estimate of drug-likeness (QED) is 0.289. The highest BCUT2D eigenvalue weighted by Gasteiger charge is 2.10. The summed E-state index contributed by atoms with van der Waals surface area (Å²) in [6.45, 7) is 0. The van der Waals surface area contributed by atoms with Crippen LogP contribution in [-0.4, -0.2) is 0 Å². The first-order chi connectivity index (χ1) is 9.92. The standard InChI is InChI=1S/C18H10S2/c1-2-4-12-11(3-1)5-6-14-13(12)7-8-15-17(14)20-16-9-10-19-18(15)16/h1-10H. The van der Waals surface area contributed by atoms with E-state index in [1.165, 1.54) is 41.0 Å². The van der Waals surface area contributed by atoms with Crippen LogP contribution in [0.2, 0.25) is 0 Å². The minimum atomic E-state index is 1.32. The summed E-state index contributed by atoms with van der Waals surface area (Å²) < 4.78 is 4.26. The van der Waals surface area contributed by atoms with Gasteiger partial charge < -0.3 is 0 Å². The van der Waals surface area contributed by atoms with Crippen LogP contribution < -0.4 is 0 Å². The van der Waals surface area contributed by atoms with Crippen molar-refractivity contribution in [2.24, 2.45) is 0 Å². The fraction of sp³-hybridized carbons (Fsp3) is 0. The molecule has 3 aromatic carbocycles. The van der Waals surface area contributed by atoms with E-state index in [-0.39, 0.29) is 0 Å². The van der Waals surface area contributed by atoms with E-state index in [4.69, 9.17) is 0 Å². The van der Waals surface area contributed by atoms with Gasteiger partial charge in [0.05, 0.1) is 4.70 Å². The largest absolute Gasteiger partial charge is 0.142 e. The average Bonchev–Trinajstić information content (AvgIpc) is 3.07. The molecule has 0 radical (unpaired) electrons. The summed E-state index contributed by atoms with van der Waals surface area (Å²) in [5.74, 6) is 0. The maximum atomic E-state index is 2.29. The lowest BCUT2D eigenvalue weighted by atomic mass is 10.0. The van der Waals surface area contributed by atoms with Crippen molar-refractivity contribution in [3.63, 3.8) is 0 Å². The number of rotatable bonds is 0. The van der Waals surface area contributed by atoms with Gasteiger partial charge in [0.2, 0.25) is 0 Å². The molecule has 0 nitrogen and oxygen atoms in total. The van der Waals surface area contributed by atoms with Crippen LogP contribution in [-0.2, 0) is 0 Å². The molecule has 2 heteroatoms. The van der Waals surface area contributed by atoms with Crippen LogP contribution in [0.15, 0.2) is 60.0 Å². The molecule has 0 spiro atoms. The third kappa shape index (κ3) is 1.30. The van der Waals surface area contributed by atoms with Crippen molar-refractivity contribution in [2.75, 3.05) is 0 Å². The fourth-order valence-electron chi connectivity index (χ4n) is 3.03. The molecule has 0 saturated carbocycles. The Kier molecular flexibility index (Phi) is 2.07. The summed E-state index contributed by atoms with van der Waals surface area (Å²) in [6.07, 6.45) is 0. The molecule has 94 valence electrons. The molecule has 0 saturated heterocycles. The first kappa shape index (κ1) is 10.8. The SMILES string of the molecule is c1ccc2c(c1)ccc1c2ccc2c3sccc3sc12.